The molecule has 4 nitrogen and oxygen atoms in total. The molecule has 2 radical (unpaired) electrons. The first kappa shape index (κ1) is 16.5. The minimum absolute atomic E-state index is 0.176. The van der Waals surface area contributed by atoms with Gasteiger partial charge in [0.25, 0.3) is 5.91 Å². The molecule has 0 aliphatic heterocycles. The summed E-state index contributed by atoms with van der Waals surface area (Å²) >= 11 is 0. The lowest BCUT2D eigenvalue weighted by Gasteiger charge is -2.16. The minimum atomic E-state index is -0.575. The Kier molecular flexibility index (Phi) is 4.03. The second-order valence-electron chi connectivity index (χ2n) is 7.42. The van der Waals surface area contributed by atoms with Crippen LogP contribution in [-0.2, 0) is 6.67 Å². The first-order chi connectivity index (χ1) is 12.0. The highest BCUT2D eigenvalue weighted by Crippen LogP contribution is 2.42. The number of pyridine rings is 1. The number of amides is 1. The van der Waals surface area contributed by atoms with Crippen molar-refractivity contribution in [2.45, 2.75) is 50.7 Å². The van der Waals surface area contributed by atoms with Crippen molar-refractivity contribution in [2.75, 3.05) is 6.54 Å². The number of fused-ring (bicyclic) bond motifs is 1. The van der Waals surface area contributed by atoms with E-state index in [1.165, 1.54) is 18.4 Å². The second kappa shape index (κ2) is 6.09. The SMILES string of the molecule is [B]NC1(CNC(=O)c2cc(C)c3cc(C4CC4)cc(CF)c3n2)CC1. The zero-order valence-electron chi connectivity index (χ0n) is 14.4. The predicted molar refractivity (Wildman–Crippen MR) is 96.5 cm³/mol. The van der Waals surface area contributed by atoms with E-state index < -0.39 is 6.67 Å². The van der Waals surface area contributed by atoms with Gasteiger partial charge in [-0.3, -0.25) is 4.79 Å². The fraction of sp³-hybridized carbons (Fsp3) is 0.474. The van der Waals surface area contributed by atoms with Crippen molar-refractivity contribution in [1.29, 1.82) is 0 Å². The van der Waals surface area contributed by atoms with Crippen molar-refractivity contribution in [3.8, 4) is 0 Å². The zero-order chi connectivity index (χ0) is 17.6. The third-order valence-electron chi connectivity index (χ3n) is 5.39. The van der Waals surface area contributed by atoms with Crippen LogP contribution in [0.3, 0.4) is 0 Å². The quantitative estimate of drug-likeness (QED) is 0.797. The lowest BCUT2D eigenvalue weighted by atomic mass is 9.99. The number of nitrogens with zero attached hydrogens (tertiary/aromatic N) is 1. The average Bonchev–Trinajstić information content (AvgIpc) is 3.53. The number of halogens is 1. The number of aryl methyl sites for hydroxylation is 1. The Morgan fingerprint density at radius 3 is 2.72 bits per heavy atom. The molecule has 0 atom stereocenters. The van der Waals surface area contributed by atoms with E-state index in [-0.39, 0.29) is 11.4 Å². The Morgan fingerprint density at radius 1 is 1.36 bits per heavy atom. The highest BCUT2D eigenvalue weighted by Gasteiger charge is 2.40. The van der Waals surface area contributed by atoms with Crippen molar-refractivity contribution >= 4 is 24.8 Å². The van der Waals surface area contributed by atoms with Crippen LogP contribution >= 0.6 is 0 Å². The van der Waals surface area contributed by atoms with Gasteiger partial charge in [0.2, 0.25) is 0 Å². The van der Waals surface area contributed by atoms with Gasteiger partial charge in [0, 0.05) is 23.0 Å². The Bertz CT molecular complexity index is 846. The van der Waals surface area contributed by atoms with Crippen molar-refractivity contribution < 1.29 is 9.18 Å². The second-order valence-corrected chi connectivity index (χ2v) is 7.42. The molecule has 2 aromatic rings. The summed E-state index contributed by atoms with van der Waals surface area (Å²) in [7, 11) is 5.52. The van der Waals surface area contributed by atoms with Gasteiger partial charge in [-0.05, 0) is 61.8 Å². The molecule has 2 saturated carbocycles. The van der Waals surface area contributed by atoms with E-state index in [4.69, 9.17) is 7.98 Å². The summed E-state index contributed by atoms with van der Waals surface area (Å²) in [4.78, 5) is 17.0. The molecule has 4 rings (SSSR count). The molecule has 0 spiro atoms. The molecule has 1 aromatic heterocycles. The fourth-order valence-electron chi connectivity index (χ4n) is 3.32. The van der Waals surface area contributed by atoms with Crippen LogP contribution in [0.15, 0.2) is 18.2 Å². The summed E-state index contributed by atoms with van der Waals surface area (Å²) < 4.78 is 13.6. The number of benzene rings is 1. The van der Waals surface area contributed by atoms with E-state index in [1.54, 1.807) is 6.07 Å². The summed E-state index contributed by atoms with van der Waals surface area (Å²) in [6.45, 7) is 1.84. The minimum Gasteiger partial charge on any atom is -0.360 e. The Hall–Kier alpha value is -1.95. The monoisotopic (exact) mass is 337 g/mol. The smallest absolute Gasteiger partial charge is 0.269 e. The summed E-state index contributed by atoms with van der Waals surface area (Å²) in [5, 5.41) is 6.58. The predicted octanol–water partition coefficient (Wildman–Crippen LogP) is 2.83. The molecule has 1 amide bonds. The van der Waals surface area contributed by atoms with Gasteiger partial charge >= 0.3 is 0 Å². The Labute approximate surface area is 148 Å². The van der Waals surface area contributed by atoms with Crippen LogP contribution in [0.1, 0.15) is 58.8 Å². The van der Waals surface area contributed by atoms with E-state index in [0.29, 0.717) is 29.2 Å². The van der Waals surface area contributed by atoms with E-state index in [1.807, 2.05) is 13.0 Å². The van der Waals surface area contributed by atoms with Crippen molar-refractivity contribution in [3.63, 3.8) is 0 Å². The maximum atomic E-state index is 13.6. The van der Waals surface area contributed by atoms with Gasteiger partial charge in [0.05, 0.1) is 5.52 Å². The fourth-order valence-corrected chi connectivity index (χ4v) is 3.32. The number of hydrogen-bond acceptors (Lipinski definition) is 3. The molecule has 1 heterocycles. The standard InChI is InChI=1S/C19H21BFN3O/c1-11-6-16(18(25)22-10-19(24-20)4-5-19)23-17-14(9-21)7-13(8-15(11)17)12-2-3-12/h6-8,12,24H,2-5,9-10H2,1H3,(H,22,25). The van der Waals surface area contributed by atoms with Crippen LogP contribution in [0.4, 0.5) is 4.39 Å². The van der Waals surface area contributed by atoms with E-state index in [2.05, 4.69) is 21.6 Å². The molecule has 128 valence electrons. The molecule has 2 aliphatic carbocycles. The van der Waals surface area contributed by atoms with Gasteiger partial charge in [-0.15, -0.1) is 0 Å². The molecule has 0 bridgehead atoms. The van der Waals surface area contributed by atoms with Gasteiger partial charge in [-0.25, -0.2) is 9.37 Å². The summed E-state index contributed by atoms with van der Waals surface area (Å²) in [5.41, 5.74) is 3.45. The van der Waals surface area contributed by atoms with Crippen molar-refractivity contribution in [2.24, 2.45) is 0 Å². The highest BCUT2D eigenvalue weighted by atomic mass is 19.1. The number of aromatic nitrogens is 1. The first-order valence-corrected chi connectivity index (χ1v) is 8.81. The van der Waals surface area contributed by atoms with Gasteiger partial charge in [0.15, 0.2) is 7.98 Å². The van der Waals surface area contributed by atoms with Gasteiger partial charge in [-0.2, -0.15) is 0 Å². The molecule has 1 aromatic carbocycles. The highest BCUT2D eigenvalue weighted by molar-refractivity contribution is 6.05. The van der Waals surface area contributed by atoms with E-state index in [0.717, 1.165) is 23.8 Å². The summed E-state index contributed by atoms with van der Waals surface area (Å²) in [6, 6.07) is 5.80. The molecule has 6 heteroatoms. The maximum Gasteiger partial charge on any atom is 0.269 e. The Morgan fingerprint density at radius 2 is 2.12 bits per heavy atom. The zero-order valence-corrected chi connectivity index (χ0v) is 14.4. The molecule has 2 fully saturated rings. The number of alkyl halides is 1. The van der Waals surface area contributed by atoms with Crippen molar-refractivity contribution in [1.82, 2.24) is 15.5 Å². The average molecular weight is 337 g/mol. The number of carbonyl (C=O) groups is 1. The van der Waals surface area contributed by atoms with Gasteiger partial charge < -0.3 is 10.5 Å². The molecule has 0 saturated heterocycles. The largest absolute Gasteiger partial charge is 0.360 e. The van der Waals surface area contributed by atoms with Gasteiger partial charge in [0.1, 0.15) is 12.4 Å². The van der Waals surface area contributed by atoms with Crippen molar-refractivity contribution in [3.05, 3.63) is 40.6 Å². The number of nitrogens with one attached hydrogen (secondary N) is 2. The number of hydrogen-bond donors (Lipinski definition) is 2. The molecule has 0 unspecified atom stereocenters. The molecule has 25 heavy (non-hydrogen) atoms. The Balaban J connectivity index is 1.66. The summed E-state index contributed by atoms with van der Waals surface area (Å²) in [5.74, 6) is 0.304. The van der Waals surface area contributed by atoms with Crippen LogP contribution in [0, 0.1) is 6.92 Å². The van der Waals surface area contributed by atoms with E-state index in [9.17, 15) is 9.18 Å². The van der Waals surface area contributed by atoms with Crippen LogP contribution in [0.25, 0.3) is 10.9 Å². The third kappa shape index (κ3) is 3.15. The topological polar surface area (TPSA) is 54.0 Å². The molecule has 2 aliphatic rings. The number of rotatable bonds is 6. The van der Waals surface area contributed by atoms with Crippen LogP contribution < -0.4 is 10.5 Å². The lowest BCUT2D eigenvalue weighted by Crippen LogP contribution is -2.42. The van der Waals surface area contributed by atoms with E-state index >= 15 is 0 Å². The van der Waals surface area contributed by atoms with Crippen LogP contribution in [0.5, 0.6) is 0 Å². The first-order valence-electron chi connectivity index (χ1n) is 8.81. The maximum absolute atomic E-state index is 13.6. The summed E-state index contributed by atoms with van der Waals surface area (Å²) in [6.07, 6.45) is 4.23. The third-order valence-corrected chi connectivity index (χ3v) is 5.39. The normalized spacial score (nSPS) is 18.3. The van der Waals surface area contributed by atoms with Crippen LogP contribution in [-0.4, -0.2) is 31.0 Å². The molecule has 2 N–H and O–H groups in total. The molecular weight excluding hydrogens is 316 g/mol. The van der Waals surface area contributed by atoms with Crippen LogP contribution in [0.2, 0.25) is 0 Å². The number of carbonyl (C=O) groups excluding carboxylic acids is 1. The lowest BCUT2D eigenvalue weighted by molar-refractivity contribution is 0.0944. The van der Waals surface area contributed by atoms with Gasteiger partial charge in [-0.1, -0.05) is 6.07 Å². The molecular formula is C19H21BFN3O.